The zero-order valence-corrected chi connectivity index (χ0v) is 12.0. The molecule has 0 spiro atoms. The van der Waals surface area contributed by atoms with E-state index >= 15 is 0 Å². The molecule has 0 radical (unpaired) electrons. The van der Waals surface area contributed by atoms with E-state index in [0.29, 0.717) is 12.7 Å². The number of carboxylic acids is 1. The lowest BCUT2D eigenvalue weighted by Gasteiger charge is -2.25. The lowest BCUT2D eigenvalue weighted by Crippen LogP contribution is -2.33. The zero-order chi connectivity index (χ0) is 16.2. The number of rotatable bonds is 7. The number of carboxylic acid groups (broad SMARTS) is 1. The second-order valence-electron chi connectivity index (χ2n) is 4.96. The van der Waals surface area contributed by atoms with Crippen LogP contribution in [-0.4, -0.2) is 34.8 Å². The van der Waals surface area contributed by atoms with Gasteiger partial charge in [-0.25, -0.2) is 9.18 Å². The predicted molar refractivity (Wildman–Crippen MR) is 74.2 cm³/mol. The molecule has 0 aliphatic rings. The Morgan fingerprint density at radius 1 is 1.52 bits per heavy atom. The van der Waals surface area contributed by atoms with Gasteiger partial charge in [0.05, 0.1) is 22.2 Å². The van der Waals surface area contributed by atoms with Crippen molar-refractivity contribution in [2.75, 3.05) is 18.5 Å². The Bertz CT molecular complexity index is 560. The van der Waals surface area contributed by atoms with Crippen LogP contribution in [0.4, 0.5) is 15.8 Å². The fourth-order valence-electron chi connectivity index (χ4n) is 1.77. The second kappa shape index (κ2) is 6.49. The molecule has 116 valence electrons. The molecule has 0 saturated carbocycles. The summed E-state index contributed by atoms with van der Waals surface area (Å²) >= 11 is 0. The Morgan fingerprint density at radius 3 is 2.62 bits per heavy atom. The molecule has 0 aromatic heterocycles. The van der Waals surface area contributed by atoms with Crippen LogP contribution in [0.5, 0.6) is 0 Å². The molecule has 1 rings (SSSR count). The molecule has 0 amide bonds. The third-order valence-electron chi connectivity index (χ3n) is 2.75. The Balaban J connectivity index is 3.11. The number of benzene rings is 1. The minimum atomic E-state index is -1.49. The average molecular weight is 300 g/mol. The molecule has 2 N–H and O–H groups in total. The van der Waals surface area contributed by atoms with E-state index in [4.69, 9.17) is 9.84 Å². The maximum absolute atomic E-state index is 13.5. The molecule has 0 fully saturated rings. The third kappa shape index (κ3) is 4.38. The Morgan fingerprint density at radius 2 is 2.14 bits per heavy atom. The highest BCUT2D eigenvalue weighted by atomic mass is 19.1. The van der Waals surface area contributed by atoms with E-state index in [0.717, 1.165) is 6.07 Å². The summed E-state index contributed by atoms with van der Waals surface area (Å²) in [4.78, 5) is 21.0. The molecule has 0 unspecified atom stereocenters. The highest BCUT2D eigenvalue weighted by Gasteiger charge is 2.24. The molecule has 8 heteroatoms. The summed E-state index contributed by atoms with van der Waals surface area (Å²) in [6.45, 7) is 6.02. The first-order chi connectivity index (χ1) is 9.68. The van der Waals surface area contributed by atoms with Crippen LogP contribution in [-0.2, 0) is 4.74 Å². The van der Waals surface area contributed by atoms with Gasteiger partial charge in [0.2, 0.25) is 0 Å². The van der Waals surface area contributed by atoms with Crippen LogP contribution in [0.1, 0.15) is 31.1 Å². The van der Waals surface area contributed by atoms with Crippen LogP contribution in [0.15, 0.2) is 12.1 Å². The number of ether oxygens (including phenoxy) is 1. The summed E-state index contributed by atoms with van der Waals surface area (Å²) in [6.07, 6.45) is 0. The zero-order valence-electron chi connectivity index (χ0n) is 12.0. The average Bonchev–Trinajstić information content (AvgIpc) is 2.36. The van der Waals surface area contributed by atoms with Crippen molar-refractivity contribution in [1.29, 1.82) is 0 Å². The van der Waals surface area contributed by atoms with E-state index in [1.807, 2.05) is 6.92 Å². The van der Waals surface area contributed by atoms with Gasteiger partial charge in [-0.05, 0) is 26.8 Å². The first-order valence-electron chi connectivity index (χ1n) is 6.27. The van der Waals surface area contributed by atoms with Crippen molar-refractivity contribution in [3.8, 4) is 0 Å². The van der Waals surface area contributed by atoms with Gasteiger partial charge in [-0.3, -0.25) is 10.1 Å². The van der Waals surface area contributed by atoms with Gasteiger partial charge in [-0.1, -0.05) is 0 Å². The van der Waals surface area contributed by atoms with Crippen LogP contribution < -0.4 is 5.32 Å². The summed E-state index contributed by atoms with van der Waals surface area (Å²) in [5.41, 5.74) is -1.82. The number of aromatic carboxylic acids is 1. The van der Waals surface area contributed by atoms with Gasteiger partial charge in [-0.2, -0.15) is 0 Å². The number of hydrogen-bond acceptors (Lipinski definition) is 5. The monoisotopic (exact) mass is 300 g/mol. The number of carbonyl (C=O) groups is 1. The number of halogens is 1. The number of anilines is 1. The van der Waals surface area contributed by atoms with Gasteiger partial charge in [0, 0.05) is 13.2 Å². The van der Waals surface area contributed by atoms with Crippen molar-refractivity contribution in [1.82, 2.24) is 0 Å². The minimum Gasteiger partial charge on any atom is -0.478 e. The maximum atomic E-state index is 13.5. The highest BCUT2D eigenvalue weighted by molar-refractivity contribution is 5.90. The van der Waals surface area contributed by atoms with Gasteiger partial charge in [0.1, 0.15) is 11.5 Å². The van der Waals surface area contributed by atoms with E-state index < -0.39 is 33.6 Å². The first kappa shape index (κ1) is 16.8. The molecular weight excluding hydrogens is 283 g/mol. The molecule has 0 atom stereocenters. The maximum Gasteiger partial charge on any atom is 0.338 e. The van der Waals surface area contributed by atoms with E-state index in [-0.39, 0.29) is 12.2 Å². The van der Waals surface area contributed by atoms with Crippen LogP contribution >= 0.6 is 0 Å². The van der Waals surface area contributed by atoms with Crippen LogP contribution in [0.2, 0.25) is 0 Å². The SMILES string of the molecule is CCOC(C)(C)CNc1cc(C(=O)O)c(F)cc1[N+](=O)[O-]. The van der Waals surface area contributed by atoms with E-state index in [1.54, 1.807) is 13.8 Å². The minimum absolute atomic E-state index is 0.0634. The van der Waals surface area contributed by atoms with E-state index in [2.05, 4.69) is 5.32 Å². The molecular formula is C13H17FN2O5. The first-order valence-corrected chi connectivity index (χ1v) is 6.27. The summed E-state index contributed by atoms with van der Waals surface area (Å²) < 4.78 is 18.9. The standard InChI is InChI=1S/C13H17FN2O5/c1-4-21-13(2,3)7-15-10-5-8(12(17)18)9(14)6-11(10)16(19)20/h5-6,15H,4,7H2,1-3H3,(H,17,18). The van der Waals surface area contributed by atoms with Crippen molar-refractivity contribution < 1.29 is 24.0 Å². The second-order valence-corrected chi connectivity index (χ2v) is 4.96. The van der Waals surface area contributed by atoms with Gasteiger partial charge < -0.3 is 15.2 Å². The fraction of sp³-hybridized carbons (Fsp3) is 0.462. The van der Waals surface area contributed by atoms with Gasteiger partial charge in [-0.15, -0.1) is 0 Å². The Hall–Kier alpha value is -2.22. The summed E-state index contributed by atoms with van der Waals surface area (Å²) in [7, 11) is 0. The fourth-order valence-corrected chi connectivity index (χ4v) is 1.77. The molecule has 0 bridgehead atoms. The predicted octanol–water partition coefficient (Wildman–Crippen LogP) is 2.66. The van der Waals surface area contributed by atoms with Gasteiger partial charge >= 0.3 is 5.97 Å². The smallest absolute Gasteiger partial charge is 0.338 e. The van der Waals surface area contributed by atoms with Crippen LogP contribution in [0, 0.1) is 15.9 Å². The number of nitrogens with zero attached hydrogens (tertiary/aromatic N) is 1. The number of nitro groups is 1. The Labute approximate surface area is 120 Å². The molecule has 0 saturated heterocycles. The molecule has 1 aromatic rings. The molecule has 21 heavy (non-hydrogen) atoms. The molecule has 0 aliphatic carbocycles. The van der Waals surface area contributed by atoms with Crippen molar-refractivity contribution >= 4 is 17.3 Å². The Kier molecular flexibility index (Phi) is 5.20. The number of nitro benzene ring substituents is 1. The third-order valence-corrected chi connectivity index (χ3v) is 2.75. The van der Waals surface area contributed by atoms with Gasteiger partial charge in [0.15, 0.2) is 0 Å². The lowest BCUT2D eigenvalue weighted by molar-refractivity contribution is -0.384. The molecule has 0 aliphatic heterocycles. The molecule has 7 nitrogen and oxygen atoms in total. The van der Waals surface area contributed by atoms with Crippen molar-refractivity contribution in [2.45, 2.75) is 26.4 Å². The summed E-state index contributed by atoms with van der Waals surface area (Å²) in [6, 6.07) is 1.51. The normalized spacial score (nSPS) is 11.2. The lowest BCUT2D eigenvalue weighted by atomic mass is 10.1. The largest absolute Gasteiger partial charge is 0.478 e. The summed E-state index contributed by atoms with van der Waals surface area (Å²) in [5.74, 6) is -2.64. The quantitative estimate of drug-likeness (QED) is 0.593. The van der Waals surface area contributed by atoms with Crippen molar-refractivity contribution in [3.63, 3.8) is 0 Å². The van der Waals surface area contributed by atoms with Crippen LogP contribution in [0.25, 0.3) is 0 Å². The van der Waals surface area contributed by atoms with E-state index in [9.17, 15) is 19.3 Å². The number of hydrogen-bond donors (Lipinski definition) is 2. The van der Waals surface area contributed by atoms with Gasteiger partial charge in [0.25, 0.3) is 5.69 Å². The van der Waals surface area contributed by atoms with Crippen molar-refractivity contribution in [2.24, 2.45) is 0 Å². The van der Waals surface area contributed by atoms with Crippen molar-refractivity contribution in [3.05, 3.63) is 33.6 Å². The van der Waals surface area contributed by atoms with E-state index in [1.165, 1.54) is 0 Å². The topological polar surface area (TPSA) is 102 Å². The molecule has 1 aromatic carbocycles. The summed E-state index contributed by atoms with van der Waals surface area (Å²) in [5, 5.41) is 22.5. The number of nitrogens with one attached hydrogen (secondary N) is 1. The highest BCUT2D eigenvalue weighted by Crippen LogP contribution is 2.28. The van der Waals surface area contributed by atoms with Crippen LogP contribution in [0.3, 0.4) is 0 Å². The molecule has 0 heterocycles.